The minimum Gasteiger partial charge on any atom is -0.497 e. The molecule has 2 aromatic carbocycles. The number of carbonyl (C=O) groups is 2. The van der Waals surface area contributed by atoms with Gasteiger partial charge in [0.1, 0.15) is 22.2 Å². The van der Waals surface area contributed by atoms with Crippen LogP contribution in [0.4, 0.5) is 11.4 Å². The zero-order valence-electron chi connectivity index (χ0n) is 13.9. The third kappa shape index (κ3) is 3.27. The molecule has 26 heavy (non-hydrogen) atoms. The number of hydrogen-bond acceptors (Lipinski definition) is 5. The van der Waals surface area contributed by atoms with Gasteiger partial charge in [0.25, 0.3) is 11.8 Å². The lowest BCUT2D eigenvalue weighted by molar-refractivity contribution is -0.120. The molecule has 0 unspecified atom stereocenters. The van der Waals surface area contributed by atoms with E-state index in [1.165, 1.54) is 14.2 Å². The van der Waals surface area contributed by atoms with E-state index in [1.807, 2.05) is 0 Å². The minimum absolute atomic E-state index is 0.00358. The first-order valence-corrected chi connectivity index (χ1v) is 8.66. The Morgan fingerprint density at radius 1 is 1.00 bits per heavy atom. The molecule has 0 radical (unpaired) electrons. The van der Waals surface area contributed by atoms with Crippen molar-refractivity contribution in [2.75, 3.05) is 24.4 Å². The fourth-order valence-corrected chi connectivity index (χ4v) is 2.96. The van der Waals surface area contributed by atoms with Gasteiger partial charge in [-0.25, -0.2) is 4.90 Å². The van der Waals surface area contributed by atoms with E-state index in [1.54, 1.807) is 42.5 Å². The Hall–Kier alpha value is -2.51. The van der Waals surface area contributed by atoms with E-state index in [4.69, 9.17) is 21.1 Å². The number of benzene rings is 2. The quantitative estimate of drug-likeness (QED) is 0.719. The molecule has 8 heteroatoms. The summed E-state index contributed by atoms with van der Waals surface area (Å²) in [5.74, 6) is -0.383. The summed E-state index contributed by atoms with van der Waals surface area (Å²) in [6.45, 7) is 0. The molecule has 6 nitrogen and oxygen atoms in total. The second kappa shape index (κ2) is 7.39. The lowest BCUT2D eigenvalue weighted by Gasteiger charge is -2.19. The van der Waals surface area contributed by atoms with Gasteiger partial charge in [0, 0.05) is 16.2 Å². The third-order valence-corrected chi connectivity index (χ3v) is 4.65. The predicted octanol–water partition coefficient (Wildman–Crippen LogP) is 3.90. The van der Waals surface area contributed by atoms with Gasteiger partial charge in [-0.2, -0.15) is 0 Å². The van der Waals surface area contributed by atoms with Gasteiger partial charge in [-0.05, 0) is 36.4 Å². The maximum atomic E-state index is 12.9. The Morgan fingerprint density at radius 2 is 1.69 bits per heavy atom. The summed E-state index contributed by atoms with van der Waals surface area (Å²) in [5.41, 5.74) is 0.887. The summed E-state index contributed by atoms with van der Waals surface area (Å²) in [7, 11) is 2.94. The monoisotopic (exact) mass is 436 g/mol. The van der Waals surface area contributed by atoms with E-state index in [-0.39, 0.29) is 16.4 Å². The summed E-state index contributed by atoms with van der Waals surface area (Å²) in [4.78, 5) is 26.4. The number of imide groups is 1. The van der Waals surface area contributed by atoms with Crippen LogP contribution in [0.1, 0.15) is 0 Å². The molecule has 0 bridgehead atoms. The van der Waals surface area contributed by atoms with Gasteiger partial charge in [-0.3, -0.25) is 9.59 Å². The average molecular weight is 438 g/mol. The van der Waals surface area contributed by atoms with Crippen molar-refractivity contribution in [2.45, 2.75) is 0 Å². The Morgan fingerprint density at radius 3 is 2.31 bits per heavy atom. The van der Waals surface area contributed by atoms with Crippen molar-refractivity contribution in [3.8, 4) is 11.5 Å². The van der Waals surface area contributed by atoms with E-state index in [2.05, 4.69) is 21.2 Å². The normalized spacial score (nSPS) is 14.1. The number of ether oxygens (including phenoxy) is 2. The zero-order chi connectivity index (χ0) is 18.8. The van der Waals surface area contributed by atoms with Crippen LogP contribution < -0.4 is 19.7 Å². The number of rotatable bonds is 5. The number of nitrogens with zero attached hydrogens (tertiary/aromatic N) is 1. The van der Waals surface area contributed by atoms with Crippen molar-refractivity contribution in [3.63, 3.8) is 0 Å². The number of amides is 2. The topological polar surface area (TPSA) is 67.9 Å². The van der Waals surface area contributed by atoms with E-state index in [0.717, 1.165) is 9.37 Å². The Bertz CT molecular complexity index is 912. The van der Waals surface area contributed by atoms with Crippen molar-refractivity contribution in [1.82, 2.24) is 0 Å². The number of carbonyl (C=O) groups excluding carboxylic acids is 2. The summed E-state index contributed by atoms with van der Waals surface area (Å²) >= 11 is 9.48. The van der Waals surface area contributed by atoms with E-state index >= 15 is 0 Å². The lowest BCUT2D eigenvalue weighted by Crippen LogP contribution is -2.32. The Balaban J connectivity index is 1.97. The highest BCUT2D eigenvalue weighted by Gasteiger charge is 2.40. The lowest BCUT2D eigenvalue weighted by atomic mass is 10.2. The number of methoxy groups -OCH3 is 2. The number of halogens is 2. The highest BCUT2D eigenvalue weighted by molar-refractivity contribution is 9.10. The summed E-state index contributed by atoms with van der Waals surface area (Å²) in [6.07, 6.45) is 0. The molecule has 3 rings (SSSR count). The van der Waals surface area contributed by atoms with Crippen LogP contribution in [0.2, 0.25) is 0 Å². The molecule has 1 aliphatic heterocycles. The van der Waals surface area contributed by atoms with Crippen molar-refractivity contribution < 1.29 is 19.1 Å². The largest absolute Gasteiger partial charge is 0.497 e. The van der Waals surface area contributed by atoms with Crippen molar-refractivity contribution in [2.24, 2.45) is 0 Å². The molecule has 0 saturated heterocycles. The standard InChI is InChI=1S/C18H14BrClN2O4/c1-25-12-7-8-14(26-2)13(9-12)22-17(23)15(20)16(18(22)24)21-11-5-3-10(19)4-6-11/h3-9,21H,1-2H3. The summed E-state index contributed by atoms with van der Waals surface area (Å²) in [5, 5.41) is 2.71. The first-order chi connectivity index (χ1) is 12.5. The minimum atomic E-state index is -0.636. The highest BCUT2D eigenvalue weighted by Crippen LogP contribution is 2.37. The molecule has 0 spiro atoms. The molecule has 0 aromatic heterocycles. The van der Waals surface area contributed by atoms with Gasteiger partial charge in [-0.1, -0.05) is 27.5 Å². The van der Waals surface area contributed by atoms with Gasteiger partial charge in [0.2, 0.25) is 0 Å². The maximum Gasteiger partial charge on any atom is 0.283 e. The highest BCUT2D eigenvalue weighted by atomic mass is 79.9. The molecule has 2 aromatic rings. The Kier molecular flexibility index (Phi) is 5.20. The van der Waals surface area contributed by atoms with Crippen LogP contribution >= 0.6 is 27.5 Å². The number of hydrogen-bond donors (Lipinski definition) is 1. The molecule has 134 valence electrons. The fourth-order valence-electron chi connectivity index (χ4n) is 2.48. The van der Waals surface area contributed by atoms with E-state index < -0.39 is 11.8 Å². The molecular weight excluding hydrogens is 424 g/mol. The van der Waals surface area contributed by atoms with E-state index in [0.29, 0.717) is 17.2 Å². The van der Waals surface area contributed by atoms with Gasteiger partial charge < -0.3 is 14.8 Å². The second-order valence-corrected chi connectivity index (χ2v) is 6.60. The van der Waals surface area contributed by atoms with Gasteiger partial charge in [0.05, 0.1) is 19.9 Å². The average Bonchev–Trinajstić information content (AvgIpc) is 2.86. The van der Waals surface area contributed by atoms with Crippen LogP contribution in [0.25, 0.3) is 0 Å². The molecule has 2 amide bonds. The molecule has 0 atom stereocenters. The zero-order valence-corrected chi connectivity index (χ0v) is 16.2. The smallest absolute Gasteiger partial charge is 0.283 e. The first kappa shape index (κ1) is 18.3. The number of anilines is 2. The van der Waals surface area contributed by atoms with Gasteiger partial charge in [0.15, 0.2) is 0 Å². The van der Waals surface area contributed by atoms with Crippen LogP contribution in [0.15, 0.2) is 57.7 Å². The Labute approximate surface area is 163 Å². The van der Waals surface area contributed by atoms with Gasteiger partial charge >= 0.3 is 0 Å². The summed E-state index contributed by atoms with van der Waals surface area (Å²) < 4.78 is 11.3. The van der Waals surface area contributed by atoms with Crippen LogP contribution in [0.5, 0.6) is 11.5 Å². The molecule has 0 saturated carbocycles. The number of nitrogens with one attached hydrogen (secondary N) is 1. The van der Waals surface area contributed by atoms with Gasteiger partial charge in [-0.15, -0.1) is 0 Å². The third-order valence-electron chi connectivity index (χ3n) is 3.77. The van der Waals surface area contributed by atoms with Crippen LogP contribution in [0.3, 0.4) is 0 Å². The second-order valence-electron chi connectivity index (χ2n) is 5.30. The van der Waals surface area contributed by atoms with Crippen molar-refractivity contribution >= 4 is 50.7 Å². The van der Waals surface area contributed by atoms with Crippen LogP contribution in [0, 0.1) is 0 Å². The molecule has 0 aliphatic carbocycles. The van der Waals surface area contributed by atoms with E-state index in [9.17, 15) is 9.59 Å². The maximum absolute atomic E-state index is 12.9. The first-order valence-electron chi connectivity index (χ1n) is 7.49. The summed E-state index contributed by atoms with van der Waals surface area (Å²) in [6, 6.07) is 12.0. The molecule has 1 heterocycles. The van der Waals surface area contributed by atoms with Crippen molar-refractivity contribution in [1.29, 1.82) is 0 Å². The SMILES string of the molecule is COc1ccc(OC)c(N2C(=O)C(Cl)=C(Nc3ccc(Br)cc3)C2=O)c1. The predicted molar refractivity (Wildman–Crippen MR) is 103 cm³/mol. The van der Waals surface area contributed by atoms with Crippen LogP contribution in [-0.4, -0.2) is 26.0 Å². The molecule has 0 fully saturated rings. The molecule has 1 N–H and O–H groups in total. The molecule has 1 aliphatic rings. The van der Waals surface area contributed by atoms with Crippen LogP contribution in [-0.2, 0) is 9.59 Å². The van der Waals surface area contributed by atoms with Crippen molar-refractivity contribution in [3.05, 3.63) is 57.7 Å². The fraction of sp³-hybridized carbons (Fsp3) is 0.111. The molecular formula is C18H14BrClN2O4.